The van der Waals surface area contributed by atoms with Crippen molar-refractivity contribution in [1.29, 1.82) is 0 Å². The number of carbonyl (C=O) groups is 2. The maximum Gasteiger partial charge on any atom is 0.331 e. The minimum absolute atomic E-state index is 0.0410. The number of rotatable bonds is 3. The maximum absolute atomic E-state index is 12.2. The molecule has 1 N–H and O–H groups in total. The summed E-state index contributed by atoms with van der Waals surface area (Å²) in [7, 11) is 0. The van der Waals surface area contributed by atoms with Crippen LogP contribution >= 0.6 is 15.9 Å². The van der Waals surface area contributed by atoms with E-state index >= 15 is 0 Å². The Labute approximate surface area is 193 Å². The highest BCUT2D eigenvalue weighted by atomic mass is 79.9. The van der Waals surface area contributed by atoms with Crippen LogP contribution in [0.15, 0.2) is 11.6 Å². The van der Waals surface area contributed by atoms with Gasteiger partial charge in [0.15, 0.2) is 0 Å². The van der Waals surface area contributed by atoms with Crippen molar-refractivity contribution in [3.63, 3.8) is 0 Å². The van der Waals surface area contributed by atoms with Crippen LogP contribution in [0.2, 0.25) is 0 Å². The van der Waals surface area contributed by atoms with E-state index in [1.54, 1.807) is 6.08 Å². The van der Waals surface area contributed by atoms with Crippen molar-refractivity contribution in [2.75, 3.05) is 11.9 Å². The first-order valence-corrected chi connectivity index (χ1v) is 13.2. The van der Waals surface area contributed by atoms with E-state index in [1.807, 2.05) is 0 Å². The third kappa shape index (κ3) is 3.18. The third-order valence-corrected chi connectivity index (χ3v) is 10.8. The van der Waals surface area contributed by atoms with Crippen LogP contribution in [-0.4, -0.2) is 40.7 Å². The minimum atomic E-state index is -0.666. The van der Waals surface area contributed by atoms with E-state index in [1.165, 1.54) is 0 Å². The summed E-state index contributed by atoms with van der Waals surface area (Å²) >= 11 is 3.20. The number of aliphatic hydroxyl groups is 1. The van der Waals surface area contributed by atoms with Gasteiger partial charge in [-0.05, 0) is 92.4 Å². The van der Waals surface area contributed by atoms with E-state index < -0.39 is 5.60 Å². The second-order valence-electron chi connectivity index (χ2n) is 11.3. The van der Waals surface area contributed by atoms with Crippen LogP contribution in [0.5, 0.6) is 0 Å². The van der Waals surface area contributed by atoms with Crippen LogP contribution in [0, 0.1) is 34.5 Å². The van der Waals surface area contributed by atoms with Gasteiger partial charge in [-0.25, -0.2) is 4.79 Å². The van der Waals surface area contributed by atoms with Gasteiger partial charge < -0.3 is 14.6 Å². The zero-order chi connectivity index (χ0) is 22.0. The van der Waals surface area contributed by atoms with Gasteiger partial charge in [-0.1, -0.05) is 29.8 Å². The second kappa shape index (κ2) is 7.58. The molecule has 0 aromatic heterocycles. The molecule has 0 radical (unpaired) electrons. The summed E-state index contributed by atoms with van der Waals surface area (Å²) in [5.41, 5.74) is 0.456. The number of ether oxygens (including phenoxy) is 2. The first-order chi connectivity index (χ1) is 14.7. The van der Waals surface area contributed by atoms with Gasteiger partial charge >= 0.3 is 11.9 Å². The molecule has 0 saturated heterocycles. The van der Waals surface area contributed by atoms with Gasteiger partial charge in [-0.15, -0.1) is 0 Å². The summed E-state index contributed by atoms with van der Waals surface area (Å²) in [5, 5.41) is 12.5. The largest absolute Gasteiger partial charge is 0.462 e. The van der Waals surface area contributed by atoms with Crippen LogP contribution in [0.1, 0.15) is 71.6 Å². The van der Waals surface area contributed by atoms with Gasteiger partial charge in [0.1, 0.15) is 18.0 Å². The van der Waals surface area contributed by atoms with Crippen molar-refractivity contribution in [1.82, 2.24) is 0 Å². The van der Waals surface area contributed by atoms with E-state index in [0.29, 0.717) is 24.4 Å². The summed E-state index contributed by atoms with van der Waals surface area (Å²) in [6, 6.07) is 0. The minimum Gasteiger partial charge on any atom is -0.462 e. The summed E-state index contributed by atoms with van der Waals surface area (Å²) in [6.07, 6.45) is 10.8. The average molecular weight is 495 g/mol. The third-order valence-electron chi connectivity index (χ3n) is 10.3. The topological polar surface area (TPSA) is 72.8 Å². The number of esters is 2. The predicted molar refractivity (Wildman–Crippen MR) is 119 cm³/mol. The average Bonchev–Trinajstić information content (AvgIpc) is 3.28. The SMILES string of the molecule is C[C@]12CC[C@H](OC(=O)CBr)C[C@H]1CC[C@@H]1[C@@H]2CC[C@]2(C)[C@@H](C3=CC(=O)OC3)CC[C@]12O. The summed E-state index contributed by atoms with van der Waals surface area (Å²) in [6.45, 7) is 5.12. The van der Waals surface area contributed by atoms with Crippen molar-refractivity contribution in [2.24, 2.45) is 34.5 Å². The monoisotopic (exact) mass is 494 g/mol. The lowest BCUT2D eigenvalue weighted by Gasteiger charge is -2.63. The van der Waals surface area contributed by atoms with E-state index in [2.05, 4.69) is 29.8 Å². The lowest BCUT2D eigenvalue weighted by atomic mass is 9.43. The standard InChI is InChI=1S/C25H35BrO5/c1-23-8-5-17(31-22(28)13-26)12-16(23)3-4-20-19(23)6-9-24(2)18(7-10-25(20,24)29)15-11-21(27)30-14-15/h11,16-20,29H,3-10,12-14H2,1-2H3/t16-,17+,18-,19+,20-,23+,24-,25+/m1/s1. The Kier molecular flexibility index (Phi) is 5.36. The number of carbonyl (C=O) groups excluding carboxylic acids is 2. The fourth-order valence-corrected chi connectivity index (χ4v) is 8.83. The molecule has 5 nitrogen and oxygen atoms in total. The second-order valence-corrected chi connectivity index (χ2v) is 11.9. The Morgan fingerprint density at radius 1 is 1.16 bits per heavy atom. The number of cyclic esters (lactones) is 1. The van der Waals surface area contributed by atoms with Gasteiger partial charge in [-0.3, -0.25) is 4.79 Å². The lowest BCUT2D eigenvalue weighted by molar-refractivity contribution is -0.209. The number of halogens is 1. The van der Waals surface area contributed by atoms with Crippen molar-refractivity contribution < 1.29 is 24.2 Å². The van der Waals surface area contributed by atoms with Crippen molar-refractivity contribution in [3.8, 4) is 0 Å². The molecule has 0 aromatic carbocycles. The molecule has 31 heavy (non-hydrogen) atoms. The lowest BCUT2D eigenvalue weighted by Crippen LogP contribution is -2.62. The van der Waals surface area contributed by atoms with Crippen LogP contribution in [-0.2, 0) is 19.1 Å². The van der Waals surface area contributed by atoms with Gasteiger partial charge in [-0.2, -0.15) is 0 Å². The number of fused-ring (bicyclic) bond motifs is 5. The smallest absolute Gasteiger partial charge is 0.331 e. The molecule has 0 spiro atoms. The Morgan fingerprint density at radius 2 is 1.97 bits per heavy atom. The van der Waals surface area contributed by atoms with Crippen molar-refractivity contribution in [3.05, 3.63) is 11.6 Å². The highest BCUT2D eigenvalue weighted by Crippen LogP contribution is 2.70. The quantitative estimate of drug-likeness (QED) is 0.460. The molecule has 4 saturated carbocycles. The normalized spacial score (nSPS) is 48.8. The molecule has 1 aliphatic heterocycles. The molecule has 8 atom stereocenters. The van der Waals surface area contributed by atoms with Gasteiger partial charge in [0, 0.05) is 11.5 Å². The van der Waals surface area contributed by atoms with Crippen LogP contribution < -0.4 is 0 Å². The Bertz CT molecular complexity index is 810. The van der Waals surface area contributed by atoms with E-state index in [4.69, 9.17) is 9.47 Å². The van der Waals surface area contributed by atoms with Gasteiger partial charge in [0.2, 0.25) is 0 Å². The van der Waals surface area contributed by atoms with Gasteiger partial charge in [0.05, 0.1) is 5.60 Å². The molecule has 172 valence electrons. The molecule has 5 aliphatic rings. The molecule has 1 heterocycles. The maximum atomic E-state index is 12.2. The predicted octanol–water partition coefficient (Wildman–Crippen LogP) is 4.55. The first kappa shape index (κ1) is 21.9. The molecule has 4 aliphatic carbocycles. The van der Waals surface area contributed by atoms with Crippen LogP contribution in [0.4, 0.5) is 0 Å². The van der Waals surface area contributed by atoms with Crippen molar-refractivity contribution >= 4 is 27.9 Å². The molecule has 0 aromatic rings. The van der Waals surface area contributed by atoms with Gasteiger partial charge in [0.25, 0.3) is 0 Å². The molecule has 5 rings (SSSR count). The molecule has 6 heteroatoms. The fourth-order valence-electron chi connectivity index (χ4n) is 8.69. The molecular formula is C25H35BrO5. The Balaban J connectivity index is 1.37. The van der Waals surface area contributed by atoms with Crippen LogP contribution in [0.25, 0.3) is 0 Å². The number of hydrogen-bond donors (Lipinski definition) is 1. The molecule has 0 unspecified atom stereocenters. The summed E-state index contributed by atoms with van der Waals surface area (Å²) in [4.78, 5) is 23.5. The zero-order valence-corrected chi connectivity index (χ0v) is 20.3. The summed E-state index contributed by atoms with van der Waals surface area (Å²) in [5.74, 6) is 1.25. The van der Waals surface area contributed by atoms with E-state index in [-0.39, 0.29) is 40.1 Å². The fraction of sp³-hybridized carbons (Fsp3) is 0.840. The Hall–Kier alpha value is -0.880. The van der Waals surface area contributed by atoms with Crippen LogP contribution in [0.3, 0.4) is 0 Å². The number of hydrogen-bond acceptors (Lipinski definition) is 5. The zero-order valence-electron chi connectivity index (χ0n) is 18.7. The molecular weight excluding hydrogens is 460 g/mol. The summed E-state index contributed by atoms with van der Waals surface area (Å²) < 4.78 is 10.9. The highest BCUT2D eigenvalue weighted by Gasteiger charge is 2.67. The van der Waals surface area contributed by atoms with Crippen molar-refractivity contribution in [2.45, 2.75) is 83.3 Å². The number of alkyl halides is 1. The molecule has 0 bridgehead atoms. The Morgan fingerprint density at radius 3 is 2.68 bits per heavy atom. The van der Waals surface area contributed by atoms with E-state index in [0.717, 1.165) is 63.4 Å². The molecule has 0 amide bonds. The van der Waals surface area contributed by atoms with E-state index in [9.17, 15) is 14.7 Å². The highest BCUT2D eigenvalue weighted by molar-refractivity contribution is 9.09. The molecule has 4 fully saturated rings. The first-order valence-electron chi connectivity index (χ1n) is 12.1.